The van der Waals surface area contributed by atoms with Crippen molar-refractivity contribution in [2.75, 3.05) is 25.6 Å². The Kier molecular flexibility index (Phi) is 6.51. The summed E-state index contributed by atoms with van der Waals surface area (Å²) in [7, 11) is 1.34. The quantitative estimate of drug-likeness (QED) is 0.462. The number of methoxy groups -OCH3 is 1. The molecule has 38 heavy (non-hydrogen) atoms. The van der Waals surface area contributed by atoms with Gasteiger partial charge in [0.15, 0.2) is 0 Å². The maximum atomic E-state index is 12.8. The molecule has 3 aliphatic rings. The van der Waals surface area contributed by atoms with Crippen molar-refractivity contribution in [1.29, 1.82) is 0 Å². The van der Waals surface area contributed by atoms with Gasteiger partial charge in [-0.1, -0.05) is 48.5 Å². The maximum Gasteiger partial charge on any atom is 0.411 e. The van der Waals surface area contributed by atoms with E-state index in [1.165, 1.54) is 18.2 Å². The molecular weight excluding hydrogens is 486 g/mol. The monoisotopic (exact) mass is 515 g/mol. The van der Waals surface area contributed by atoms with Crippen molar-refractivity contribution in [3.05, 3.63) is 83.4 Å². The SMILES string of the molecule is COC(=O)C[C@H]1C[C@@H]2c3cc(NC(=O)OCC4c5ccccc5-c5ccccc54)ccc3O[C@@H]2[C@@H](CO)O1. The Balaban J connectivity index is 1.14. The molecule has 4 atom stereocenters. The summed E-state index contributed by atoms with van der Waals surface area (Å²) < 4.78 is 22.5. The summed E-state index contributed by atoms with van der Waals surface area (Å²) in [4.78, 5) is 24.6. The zero-order valence-corrected chi connectivity index (χ0v) is 21.0. The lowest BCUT2D eigenvalue weighted by atomic mass is 9.84. The first kappa shape index (κ1) is 24.5. The normalized spacial score (nSPS) is 22.9. The number of amides is 1. The highest BCUT2D eigenvalue weighted by atomic mass is 16.6. The van der Waals surface area contributed by atoms with Gasteiger partial charge < -0.3 is 24.1 Å². The topological polar surface area (TPSA) is 103 Å². The van der Waals surface area contributed by atoms with Gasteiger partial charge in [-0.05, 0) is 46.9 Å². The predicted molar refractivity (Wildman–Crippen MR) is 139 cm³/mol. The van der Waals surface area contributed by atoms with Gasteiger partial charge >= 0.3 is 12.1 Å². The van der Waals surface area contributed by atoms with Gasteiger partial charge in [-0.2, -0.15) is 0 Å². The van der Waals surface area contributed by atoms with Crippen LogP contribution in [-0.2, 0) is 19.0 Å². The number of hydrogen-bond donors (Lipinski definition) is 2. The molecular formula is C30H29NO7. The van der Waals surface area contributed by atoms with Gasteiger partial charge in [0.2, 0.25) is 0 Å². The largest absolute Gasteiger partial charge is 0.487 e. The fourth-order valence-electron chi connectivity index (χ4n) is 5.99. The second-order valence-electron chi connectivity index (χ2n) is 9.89. The predicted octanol–water partition coefficient (Wildman–Crippen LogP) is 4.61. The fourth-order valence-corrected chi connectivity index (χ4v) is 5.99. The van der Waals surface area contributed by atoms with E-state index in [2.05, 4.69) is 29.6 Å². The van der Waals surface area contributed by atoms with Gasteiger partial charge in [-0.3, -0.25) is 10.1 Å². The van der Waals surface area contributed by atoms with Crippen molar-refractivity contribution in [3.8, 4) is 16.9 Å². The van der Waals surface area contributed by atoms with Gasteiger partial charge in [0.05, 0.1) is 26.2 Å². The molecule has 2 aliphatic heterocycles. The van der Waals surface area contributed by atoms with E-state index in [0.29, 0.717) is 17.9 Å². The Morgan fingerprint density at radius 3 is 2.39 bits per heavy atom. The highest BCUT2D eigenvalue weighted by molar-refractivity contribution is 5.85. The van der Waals surface area contributed by atoms with Crippen LogP contribution in [0.5, 0.6) is 5.75 Å². The summed E-state index contributed by atoms with van der Waals surface area (Å²) in [5.74, 6) is 0.204. The summed E-state index contributed by atoms with van der Waals surface area (Å²) in [5.41, 5.74) is 6.15. The van der Waals surface area contributed by atoms with Gasteiger partial charge in [0.25, 0.3) is 0 Å². The average Bonchev–Trinajstić information content (AvgIpc) is 3.47. The average molecular weight is 516 g/mol. The van der Waals surface area contributed by atoms with Gasteiger partial charge in [-0.15, -0.1) is 0 Å². The van der Waals surface area contributed by atoms with Crippen molar-refractivity contribution in [2.45, 2.75) is 43.0 Å². The third-order valence-corrected chi connectivity index (χ3v) is 7.71. The summed E-state index contributed by atoms with van der Waals surface area (Å²) in [6.45, 7) is 0.00101. The number of fused-ring (bicyclic) bond motifs is 6. The Morgan fingerprint density at radius 2 is 1.71 bits per heavy atom. The second-order valence-corrected chi connectivity index (χ2v) is 9.89. The molecule has 1 saturated heterocycles. The van der Waals surface area contributed by atoms with Crippen LogP contribution in [0.25, 0.3) is 11.1 Å². The molecule has 2 heterocycles. The molecule has 3 aromatic rings. The van der Waals surface area contributed by atoms with E-state index in [9.17, 15) is 14.7 Å². The van der Waals surface area contributed by atoms with Crippen LogP contribution in [0, 0.1) is 0 Å². The first-order valence-electron chi connectivity index (χ1n) is 12.8. The number of ether oxygens (including phenoxy) is 4. The summed E-state index contributed by atoms with van der Waals surface area (Å²) in [6.07, 6.45) is -1.22. The van der Waals surface area contributed by atoms with E-state index in [-0.39, 0.29) is 43.5 Å². The molecule has 1 aliphatic carbocycles. The van der Waals surface area contributed by atoms with Crippen LogP contribution in [-0.4, -0.2) is 55.8 Å². The number of esters is 1. The van der Waals surface area contributed by atoms with Crippen LogP contribution in [0.4, 0.5) is 10.5 Å². The first-order chi connectivity index (χ1) is 18.6. The molecule has 196 valence electrons. The molecule has 0 spiro atoms. The molecule has 0 radical (unpaired) electrons. The van der Waals surface area contributed by atoms with E-state index < -0.39 is 18.3 Å². The van der Waals surface area contributed by atoms with Crippen molar-refractivity contribution >= 4 is 17.7 Å². The molecule has 2 N–H and O–H groups in total. The minimum atomic E-state index is -0.561. The van der Waals surface area contributed by atoms with E-state index >= 15 is 0 Å². The standard InChI is InChI=1S/C30H29NO7/c1-35-28(33)14-18-13-24-23-12-17(10-11-26(23)38-29(24)27(15-32)37-18)31-30(34)36-16-25-21-8-4-2-6-19(21)20-7-3-5-9-22(20)25/h2-12,18,24-25,27,29,32H,13-16H2,1H3,(H,31,34)/t18-,24-,27-,29+/m1/s1. The van der Waals surface area contributed by atoms with Crippen molar-refractivity contribution in [1.82, 2.24) is 0 Å². The summed E-state index contributed by atoms with van der Waals surface area (Å²) in [5, 5.41) is 12.7. The van der Waals surface area contributed by atoms with Crippen LogP contribution in [0.3, 0.4) is 0 Å². The lowest BCUT2D eigenvalue weighted by molar-refractivity contribution is -0.156. The molecule has 0 bridgehead atoms. The molecule has 0 saturated carbocycles. The second kappa shape index (κ2) is 10.1. The Bertz CT molecular complexity index is 1330. The Morgan fingerprint density at radius 1 is 1.00 bits per heavy atom. The first-order valence-corrected chi connectivity index (χ1v) is 12.8. The number of carbonyl (C=O) groups excluding carboxylic acids is 2. The smallest absolute Gasteiger partial charge is 0.411 e. The Hall–Kier alpha value is -3.88. The van der Waals surface area contributed by atoms with Crippen LogP contribution >= 0.6 is 0 Å². The van der Waals surface area contributed by atoms with Crippen molar-refractivity contribution < 1.29 is 33.6 Å². The molecule has 3 aromatic carbocycles. The minimum Gasteiger partial charge on any atom is -0.487 e. The fraction of sp³-hybridized carbons (Fsp3) is 0.333. The maximum absolute atomic E-state index is 12.8. The zero-order valence-electron chi connectivity index (χ0n) is 21.0. The minimum absolute atomic E-state index is 0.0215. The van der Waals surface area contributed by atoms with Crippen molar-refractivity contribution in [3.63, 3.8) is 0 Å². The summed E-state index contributed by atoms with van der Waals surface area (Å²) >= 11 is 0. The number of nitrogens with one attached hydrogen (secondary N) is 1. The van der Waals surface area contributed by atoms with Crippen LogP contribution in [0.1, 0.15) is 41.4 Å². The van der Waals surface area contributed by atoms with Crippen LogP contribution < -0.4 is 10.1 Å². The van der Waals surface area contributed by atoms with Gasteiger partial charge in [-0.25, -0.2) is 4.79 Å². The molecule has 0 aromatic heterocycles. The number of carbonyl (C=O) groups is 2. The molecule has 6 rings (SSSR count). The van der Waals surface area contributed by atoms with E-state index in [1.54, 1.807) is 12.1 Å². The Labute approximate surface area is 220 Å². The van der Waals surface area contributed by atoms with E-state index in [0.717, 1.165) is 16.7 Å². The lowest BCUT2D eigenvalue weighted by Gasteiger charge is -2.36. The molecule has 1 amide bonds. The number of aliphatic hydroxyl groups excluding tert-OH is 1. The lowest BCUT2D eigenvalue weighted by Crippen LogP contribution is -2.46. The number of aliphatic hydroxyl groups is 1. The summed E-state index contributed by atoms with van der Waals surface area (Å²) in [6, 6.07) is 21.8. The highest BCUT2D eigenvalue weighted by Crippen LogP contribution is 2.47. The van der Waals surface area contributed by atoms with Crippen LogP contribution in [0.15, 0.2) is 66.7 Å². The third kappa shape index (κ3) is 4.40. The molecule has 8 nitrogen and oxygen atoms in total. The zero-order chi connectivity index (χ0) is 26.2. The van der Waals surface area contributed by atoms with Gasteiger partial charge in [0, 0.05) is 23.1 Å². The number of benzene rings is 3. The molecule has 0 unspecified atom stereocenters. The van der Waals surface area contributed by atoms with E-state index in [4.69, 9.17) is 18.9 Å². The molecule has 1 fully saturated rings. The highest BCUT2D eigenvalue weighted by Gasteiger charge is 2.46. The number of rotatable bonds is 6. The van der Waals surface area contributed by atoms with Gasteiger partial charge in [0.1, 0.15) is 24.6 Å². The number of anilines is 1. The number of hydrogen-bond acceptors (Lipinski definition) is 7. The van der Waals surface area contributed by atoms with E-state index in [1.807, 2.05) is 30.3 Å². The van der Waals surface area contributed by atoms with Crippen LogP contribution in [0.2, 0.25) is 0 Å². The molecule has 8 heteroatoms. The third-order valence-electron chi connectivity index (χ3n) is 7.71. The van der Waals surface area contributed by atoms with Crippen molar-refractivity contribution in [2.24, 2.45) is 0 Å².